The lowest BCUT2D eigenvalue weighted by molar-refractivity contribution is -0.122. The van der Waals surface area contributed by atoms with E-state index in [1.165, 1.54) is 0 Å². The summed E-state index contributed by atoms with van der Waals surface area (Å²) in [5, 5.41) is -0.0712. The van der Waals surface area contributed by atoms with Gasteiger partial charge in [-0.25, -0.2) is 0 Å². The number of hydrogen-bond donors (Lipinski definition) is 0. The number of benzene rings is 1. The fraction of sp³-hybridized carbons (Fsp3) is 0.417. The summed E-state index contributed by atoms with van der Waals surface area (Å²) < 4.78 is 29.9. The molecule has 0 aliphatic heterocycles. The van der Waals surface area contributed by atoms with E-state index in [1.54, 1.807) is 0 Å². The Morgan fingerprint density at radius 3 is 2.87 bits per heavy atom. The third kappa shape index (κ3) is 1.98. The second-order valence-corrected chi connectivity index (χ2v) is 5.35. The standard InChI is InChI=1S/C12H12BrClO/c13-12(8-4-3-7-11(12)15)9-5-1-2-6-10(9)14/h1-2,5-6H,3-4,7-8H2/i1D,2D,5D,6D. The molecule has 0 spiro atoms. The van der Waals surface area contributed by atoms with Gasteiger partial charge in [-0.2, -0.15) is 0 Å². The number of ketones is 1. The van der Waals surface area contributed by atoms with Gasteiger partial charge in [0.15, 0.2) is 5.78 Å². The highest BCUT2D eigenvalue weighted by Crippen LogP contribution is 2.44. The Kier molecular flexibility index (Phi) is 2.01. The second-order valence-electron chi connectivity index (χ2n) is 3.62. The minimum atomic E-state index is -1.08. The Labute approximate surface area is 109 Å². The summed E-state index contributed by atoms with van der Waals surface area (Å²) in [6.45, 7) is 0. The molecule has 1 nitrogen and oxygen atoms in total. The van der Waals surface area contributed by atoms with Crippen LogP contribution < -0.4 is 0 Å². The number of halogens is 2. The average Bonchev–Trinajstić information content (AvgIpc) is 2.38. The first-order valence-electron chi connectivity index (χ1n) is 6.79. The molecular weight excluding hydrogens is 275 g/mol. The van der Waals surface area contributed by atoms with Crippen molar-refractivity contribution in [1.82, 2.24) is 0 Å². The summed E-state index contributed by atoms with van der Waals surface area (Å²) in [4.78, 5) is 12.2. The molecule has 1 atom stereocenters. The van der Waals surface area contributed by atoms with Crippen LogP contribution in [0.4, 0.5) is 0 Å². The first-order valence-corrected chi connectivity index (χ1v) is 5.96. The van der Waals surface area contributed by atoms with Crippen molar-refractivity contribution in [2.75, 3.05) is 0 Å². The lowest BCUT2D eigenvalue weighted by Crippen LogP contribution is -2.32. The van der Waals surface area contributed by atoms with Gasteiger partial charge in [-0.3, -0.25) is 4.79 Å². The van der Waals surface area contributed by atoms with Gasteiger partial charge in [0.2, 0.25) is 0 Å². The quantitative estimate of drug-likeness (QED) is 0.713. The molecule has 80 valence electrons. The first kappa shape index (κ1) is 7.08. The molecule has 0 saturated heterocycles. The predicted octanol–water partition coefficient (Wildman–Crippen LogP) is 4.07. The van der Waals surface area contributed by atoms with E-state index >= 15 is 0 Å². The van der Waals surface area contributed by atoms with Gasteiger partial charge in [0.05, 0.1) is 5.48 Å². The first-order chi connectivity index (χ1) is 8.80. The molecule has 0 aromatic heterocycles. The van der Waals surface area contributed by atoms with Crippen molar-refractivity contribution < 1.29 is 10.3 Å². The number of rotatable bonds is 1. The minimum absolute atomic E-state index is 0.0712. The minimum Gasteiger partial charge on any atom is -0.298 e. The largest absolute Gasteiger partial charge is 0.298 e. The molecule has 1 aromatic rings. The third-order valence-electron chi connectivity index (χ3n) is 2.66. The zero-order valence-corrected chi connectivity index (χ0v) is 10.3. The second kappa shape index (κ2) is 4.26. The van der Waals surface area contributed by atoms with Gasteiger partial charge in [0.1, 0.15) is 4.32 Å². The van der Waals surface area contributed by atoms with Crippen molar-refractivity contribution in [3.63, 3.8) is 0 Å². The predicted molar refractivity (Wildman–Crippen MR) is 65.5 cm³/mol. The molecule has 1 aliphatic carbocycles. The van der Waals surface area contributed by atoms with Gasteiger partial charge in [-0.15, -0.1) is 0 Å². The summed E-state index contributed by atoms with van der Waals surface area (Å²) >= 11 is 9.45. The zero-order valence-electron chi connectivity index (χ0n) is 12.0. The highest BCUT2D eigenvalue weighted by atomic mass is 79.9. The molecule has 1 saturated carbocycles. The molecule has 3 heteroatoms. The van der Waals surface area contributed by atoms with Crippen molar-refractivity contribution in [2.24, 2.45) is 0 Å². The molecule has 0 bridgehead atoms. The van der Waals surface area contributed by atoms with Crippen LogP contribution in [0.2, 0.25) is 5.02 Å². The zero-order chi connectivity index (χ0) is 14.4. The molecule has 1 unspecified atom stereocenters. The number of carbonyl (C=O) groups excluding carboxylic acids is 1. The fourth-order valence-electron chi connectivity index (χ4n) is 1.83. The van der Waals surface area contributed by atoms with Crippen molar-refractivity contribution in [1.29, 1.82) is 0 Å². The topological polar surface area (TPSA) is 17.1 Å². The van der Waals surface area contributed by atoms with Crippen LogP contribution in [0.5, 0.6) is 0 Å². The molecule has 2 rings (SSSR count). The molecule has 0 amide bonds. The van der Waals surface area contributed by atoms with Crippen LogP contribution in [0.25, 0.3) is 0 Å². The van der Waals surface area contributed by atoms with Crippen LogP contribution in [0.15, 0.2) is 24.2 Å². The van der Waals surface area contributed by atoms with Crippen LogP contribution in [0, 0.1) is 0 Å². The van der Waals surface area contributed by atoms with Gasteiger partial charge in [-0.05, 0) is 24.4 Å². The van der Waals surface area contributed by atoms with E-state index in [2.05, 4.69) is 15.9 Å². The van der Waals surface area contributed by atoms with Crippen LogP contribution in [0.3, 0.4) is 0 Å². The van der Waals surface area contributed by atoms with Gasteiger partial charge in [0.25, 0.3) is 0 Å². The Morgan fingerprint density at radius 1 is 1.40 bits per heavy atom. The maximum absolute atomic E-state index is 12.2. The lowest BCUT2D eigenvalue weighted by atomic mass is 9.82. The molecule has 1 aliphatic rings. The van der Waals surface area contributed by atoms with E-state index < -0.39 is 4.32 Å². The van der Waals surface area contributed by atoms with Gasteiger partial charge in [-0.1, -0.05) is 52.1 Å². The van der Waals surface area contributed by atoms with Gasteiger partial charge < -0.3 is 0 Å². The van der Waals surface area contributed by atoms with Crippen LogP contribution >= 0.6 is 27.5 Å². The van der Waals surface area contributed by atoms with Crippen LogP contribution in [0.1, 0.15) is 36.7 Å². The molecule has 0 N–H and O–H groups in total. The van der Waals surface area contributed by atoms with Crippen molar-refractivity contribution in [3.05, 3.63) is 34.8 Å². The average molecular weight is 292 g/mol. The Morgan fingerprint density at radius 2 is 2.13 bits per heavy atom. The van der Waals surface area contributed by atoms with Gasteiger partial charge in [0, 0.05) is 11.4 Å². The van der Waals surface area contributed by atoms with E-state index in [1.807, 2.05) is 0 Å². The van der Waals surface area contributed by atoms with Crippen molar-refractivity contribution in [3.8, 4) is 0 Å². The van der Waals surface area contributed by atoms with E-state index in [4.69, 9.17) is 17.1 Å². The maximum atomic E-state index is 12.2. The highest BCUT2D eigenvalue weighted by Gasteiger charge is 2.39. The summed E-state index contributed by atoms with van der Waals surface area (Å²) in [6.07, 6.45) is 2.50. The maximum Gasteiger partial charge on any atom is 0.154 e. The Bertz CT molecular complexity index is 534. The molecule has 0 heterocycles. The van der Waals surface area contributed by atoms with Crippen molar-refractivity contribution >= 4 is 33.3 Å². The normalized spacial score (nSPS) is 30.4. The third-order valence-corrected chi connectivity index (χ3v) is 4.17. The smallest absolute Gasteiger partial charge is 0.154 e. The molecule has 1 aromatic carbocycles. The summed E-state index contributed by atoms with van der Waals surface area (Å²) in [5.74, 6) is -0.0781. The van der Waals surface area contributed by atoms with E-state index in [0.717, 1.165) is 12.8 Å². The van der Waals surface area contributed by atoms with Gasteiger partial charge >= 0.3 is 0 Å². The number of alkyl halides is 1. The molecule has 0 radical (unpaired) electrons. The fourth-order valence-corrected chi connectivity index (χ4v) is 2.97. The Hall–Kier alpha value is -0.340. The van der Waals surface area contributed by atoms with E-state index in [9.17, 15) is 4.79 Å². The monoisotopic (exact) mass is 290 g/mol. The lowest BCUT2D eigenvalue weighted by Gasteiger charge is -2.31. The molecular formula is C12H12BrClO. The van der Waals surface area contributed by atoms with Crippen LogP contribution in [-0.4, -0.2) is 5.78 Å². The van der Waals surface area contributed by atoms with Crippen LogP contribution in [-0.2, 0) is 9.12 Å². The van der Waals surface area contributed by atoms with E-state index in [-0.39, 0.29) is 40.5 Å². The van der Waals surface area contributed by atoms with Crippen molar-refractivity contribution in [2.45, 2.75) is 30.0 Å². The van der Waals surface area contributed by atoms with E-state index in [0.29, 0.717) is 12.8 Å². The summed E-state index contributed by atoms with van der Waals surface area (Å²) in [7, 11) is 0. The Balaban J connectivity index is 2.72. The SMILES string of the molecule is [2H]c1c([2H])c([2H])c(C2(Br)CCCCC2=O)c(Cl)c1[2H]. The molecule has 15 heavy (non-hydrogen) atoms. The number of Topliss-reactive ketones (excluding diaryl/α,β-unsaturated/α-hetero) is 1. The number of hydrogen-bond acceptors (Lipinski definition) is 1. The summed E-state index contributed by atoms with van der Waals surface area (Å²) in [6, 6.07) is -1.27. The molecule has 1 fully saturated rings. The number of carbonyl (C=O) groups is 1. The highest BCUT2D eigenvalue weighted by molar-refractivity contribution is 9.10. The summed E-state index contributed by atoms with van der Waals surface area (Å²) in [5.41, 5.74) is 0.171.